The molecule has 0 saturated heterocycles. The summed E-state index contributed by atoms with van der Waals surface area (Å²) in [5.41, 5.74) is 1.47. The van der Waals surface area contributed by atoms with E-state index in [9.17, 15) is 9.59 Å². The maximum absolute atomic E-state index is 11.6. The summed E-state index contributed by atoms with van der Waals surface area (Å²) in [5.74, 6) is -1.93. The molecule has 1 fully saturated rings. The zero-order chi connectivity index (χ0) is 11.9. The Balaban J connectivity index is 1.99. The van der Waals surface area contributed by atoms with Crippen LogP contribution in [0.4, 0.5) is 5.88 Å². The zero-order valence-electron chi connectivity index (χ0n) is 8.98. The minimum atomic E-state index is -0.925. The number of nitrogens with one attached hydrogen (secondary N) is 1. The molecule has 0 bridgehead atoms. The van der Waals surface area contributed by atoms with Crippen molar-refractivity contribution in [1.29, 1.82) is 0 Å². The van der Waals surface area contributed by atoms with Gasteiger partial charge in [0.05, 0.1) is 17.5 Å². The van der Waals surface area contributed by atoms with Gasteiger partial charge in [-0.25, -0.2) is 0 Å². The third kappa shape index (κ3) is 1.78. The lowest BCUT2D eigenvalue weighted by Gasteiger charge is -2.00. The first-order valence-electron chi connectivity index (χ1n) is 4.97. The van der Waals surface area contributed by atoms with Gasteiger partial charge in [-0.3, -0.25) is 14.9 Å². The highest BCUT2D eigenvalue weighted by Crippen LogP contribution is 2.39. The highest BCUT2D eigenvalue weighted by molar-refractivity contribution is 5.97. The molecule has 2 atom stereocenters. The fraction of sp³-hybridized carbons (Fsp3) is 0.500. The van der Waals surface area contributed by atoms with Gasteiger partial charge >= 0.3 is 5.97 Å². The number of aliphatic carboxylic acids is 1. The van der Waals surface area contributed by atoms with Gasteiger partial charge < -0.3 is 9.63 Å². The van der Waals surface area contributed by atoms with Crippen LogP contribution in [0.15, 0.2) is 4.52 Å². The van der Waals surface area contributed by atoms with Crippen molar-refractivity contribution in [3.8, 4) is 0 Å². The van der Waals surface area contributed by atoms with Crippen LogP contribution in [0.1, 0.15) is 17.7 Å². The number of amides is 1. The average molecular weight is 224 g/mol. The molecule has 16 heavy (non-hydrogen) atoms. The number of aromatic nitrogens is 1. The fourth-order valence-electron chi connectivity index (χ4n) is 1.49. The SMILES string of the molecule is Cc1noc(NC(=O)C2CC2C(=O)O)c1C. The van der Waals surface area contributed by atoms with Crippen molar-refractivity contribution >= 4 is 17.8 Å². The number of carboxylic acid groups (broad SMARTS) is 1. The molecule has 86 valence electrons. The van der Waals surface area contributed by atoms with Gasteiger partial charge in [0.25, 0.3) is 0 Å². The fourth-order valence-corrected chi connectivity index (χ4v) is 1.49. The van der Waals surface area contributed by atoms with Crippen LogP contribution in [0, 0.1) is 25.7 Å². The Hall–Kier alpha value is -1.85. The lowest BCUT2D eigenvalue weighted by Crippen LogP contribution is -2.16. The second kappa shape index (κ2) is 3.62. The molecular weight excluding hydrogens is 212 g/mol. The molecule has 1 amide bonds. The smallest absolute Gasteiger partial charge is 0.307 e. The molecule has 1 heterocycles. The Morgan fingerprint density at radius 2 is 2.12 bits per heavy atom. The first kappa shape index (κ1) is 10.7. The van der Waals surface area contributed by atoms with Gasteiger partial charge in [-0.15, -0.1) is 0 Å². The molecule has 1 saturated carbocycles. The first-order valence-corrected chi connectivity index (χ1v) is 4.97. The lowest BCUT2D eigenvalue weighted by atomic mass is 10.2. The maximum Gasteiger partial charge on any atom is 0.307 e. The summed E-state index contributed by atoms with van der Waals surface area (Å²) in [5, 5.41) is 14.9. The lowest BCUT2D eigenvalue weighted by molar-refractivity contribution is -0.139. The number of carboxylic acids is 1. The number of aryl methyl sites for hydroxylation is 1. The molecule has 0 spiro atoms. The molecule has 0 radical (unpaired) electrons. The molecule has 2 rings (SSSR count). The molecule has 2 N–H and O–H groups in total. The maximum atomic E-state index is 11.6. The van der Waals surface area contributed by atoms with E-state index < -0.39 is 17.8 Å². The van der Waals surface area contributed by atoms with E-state index in [4.69, 9.17) is 9.63 Å². The Bertz CT molecular complexity index is 452. The average Bonchev–Trinajstić information content (AvgIpc) is 2.97. The van der Waals surface area contributed by atoms with Crippen LogP contribution in [0.25, 0.3) is 0 Å². The minimum absolute atomic E-state index is 0.304. The molecule has 2 unspecified atom stereocenters. The Morgan fingerprint density at radius 1 is 1.44 bits per heavy atom. The van der Waals surface area contributed by atoms with Gasteiger partial charge in [-0.05, 0) is 20.3 Å². The molecular formula is C10H12N2O4. The van der Waals surface area contributed by atoms with Crippen molar-refractivity contribution in [1.82, 2.24) is 5.16 Å². The third-order valence-corrected chi connectivity index (χ3v) is 2.84. The zero-order valence-corrected chi connectivity index (χ0v) is 8.98. The largest absolute Gasteiger partial charge is 0.481 e. The van der Waals surface area contributed by atoms with E-state index in [0.717, 1.165) is 5.56 Å². The second-order valence-electron chi connectivity index (χ2n) is 4.00. The van der Waals surface area contributed by atoms with Gasteiger partial charge in [0.1, 0.15) is 0 Å². The number of nitrogens with zero attached hydrogens (tertiary/aromatic N) is 1. The Morgan fingerprint density at radius 3 is 2.56 bits per heavy atom. The highest BCUT2D eigenvalue weighted by Gasteiger charge is 2.48. The monoisotopic (exact) mass is 224 g/mol. The molecule has 1 aliphatic rings. The van der Waals surface area contributed by atoms with E-state index in [0.29, 0.717) is 18.0 Å². The third-order valence-electron chi connectivity index (χ3n) is 2.84. The number of rotatable bonds is 3. The number of hydrogen-bond acceptors (Lipinski definition) is 4. The summed E-state index contributed by atoms with van der Waals surface area (Å²) in [6.07, 6.45) is 0.396. The van der Waals surface area contributed by atoms with Crippen LogP contribution in [0.5, 0.6) is 0 Å². The molecule has 0 aliphatic heterocycles. The van der Waals surface area contributed by atoms with Gasteiger partial charge in [0, 0.05) is 5.56 Å². The predicted octanol–water partition coefficient (Wildman–Crippen LogP) is 0.951. The number of carbonyl (C=O) groups excluding carboxylic acids is 1. The molecule has 6 nitrogen and oxygen atoms in total. The first-order chi connectivity index (χ1) is 7.50. The number of hydrogen-bond donors (Lipinski definition) is 2. The number of anilines is 1. The summed E-state index contributed by atoms with van der Waals surface area (Å²) in [6.45, 7) is 3.55. The minimum Gasteiger partial charge on any atom is -0.481 e. The van der Waals surface area contributed by atoms with Crippen molar-refractivity contribution in [2.24, 2.45) is 11.8 Å². The van der Waals surface area contributed by atoms with Gasteiger partial charge in [-0.2, -0.15) is 0 Å². The van der Waals surface area contributed by atoms with Gasteiger partial charge in [-0.1, -0.05) is 5.16 Å². The molecule has 6 heteroatoms. The van der Waals surface area contributed by atoms with Crippen molar-refractivity contribution in [3.05, 3.63) is 11.3 Å². The topological polar surface area (TPSA) is 92.4 Å². The molecule has 0 aromatic carbocycles. The number of carbonyl (C=O) groups is 2. The molecule has 1 aromatic rings. The summed E-state index contributed by atoms with van der Waals surface area (Å²) >= 11 is 0. The van der Waals surface area contributed by atoms with E-state index >= 15 is 0 Å². The van der Waals surface area contributed by atoms with E-state index in [1.165, 1.54) is 0 Å². The van der Waals surface area contributed by atoms with Crippen LogP contribution in [0.3, 0.4) is 0 Å². The van der Waals surface area contributed by atoms with Crippen molar-refractivity contribution in [2.75, 3.05) is 5.32 Å². The molecule has 1 aromatic heterocycles. The highest BCUT2D eigenvalue weighted by atomic mass is 16.5. The van der Waals surface area contributed by atoms with Gasteiger partial charge in [0.15, 0.2) is 0 Å². The summed E-state index contributed by atoms with van der Waals surface area (Å²) in [7, 11) is 0. The van der Waals surface area contributed by atoms with Crippen LogP contribution in [-0.2, 0) is 9.59 Å². The van der Waals surface area contributed by atoms with Crippen LogP contribution in [-0.4, -0.2) is 22.1 Å². The molecule has 1 aliphatic carbocycles. The standard InChI is InChI=1S/C10H12N2O4/c1-4-5(2)12-16-9(4)11-8(13)6-3-7(6)10(14)15/h6-7H,3H2,1-2H3,(H,11,13)(H,14,15). The van der Waals surface area contributed by atoms with Crippen LogP contribution >= 0.6 is 0 Å². The Labute approximate surface area is 91.6 Å². The van der Waals surface area contributed by atoms with Crippen LogP contribution < -0.4 is 5.32 Å². The van der Waals surface area contributed by atoms with E-state index in [2.05, 4.69) is 10.5 Å². The van der Waals surface area contributed by atoms with Crippen molar-refractivity contribution in [3.63, 3.8) is 0 Å². The van der Waals surface area contributed by atoms with Gasteiger partial charge in [0.2, 0.25) is 11.8 Å². The van der Waals surface area contributed by atoms with Crippen molar-refractivity contribution < 1.29 is 19.2 Å². The summed E-state index contributed by atoms with van der Waals surface area (Å²) < 4.78 is 4.91. The second-order valence-corrected chi connectivity index (χ2v) is 4.00. The summed E-state index contributed by atoms with van der Waals surface area (Å²) in [6, 6.07) is 0. The normalized spacial score (nSPS) is 22.9. The van der Waals surface area contributed by atoms with E-state index in [1.54, 1.807) is 13.8 Å². The predicted molar refractivity (Wildman–Crippen MR) is 53.8 cm³/mol. The summed E-state index contributed by atoms with van der Waals surface area (Å²) in [4.78, 5) is 22.2. The Kier molecular flexibility index (Phi) is 2.41. The quantitative estimate of drug-likeness (QED) is 0.797. The van der Waals surface area contributed by atoms with E-state index in [1.807, 2.05) is 0 Å². The van der Waals surface area contributed by atoms with Crippen molar-refractivity contribution in [2.45, 2.75) is 20.3 Å². The van der Waals surface area contributed by atoms with E-state index in [-0.39, 0.29) is 5.91 Å². The van der Waals surface area contributed by atoms with Crippen LogP contribution in [0.2, 0.25) is 0 Å².